The molecule has 1 atom stereocenters. The van der Waals surface area contributed by atoms with Gasteiger partial charge in [-0.25, -0.2) is 0 Å². The van der Waals surface area contributed by atoms with Crippen molar-refractivity contribution < 1.29 is 0 Å². The average molecular weight is 359 g/mol. The molecule has 2 aromatic rings. The Labute approximate surface area is 131 Å². The number of nitrogens with two attached hydrogens (primary N) is 1. The van der Waals surface area contributed by atoms with Crippen LogP contribution in [0.4, 0.5) is 0 Å². The molecule has 0 bridgehead atoms. The van der Waals surface area contributed by atoms with E-state index < -0.39 is 0 Å². The fraction of sp³-hybridized carbons (Fsp3) is 0.200. The van der Waals surface area contributed by atoms with Crippen LogP contribution in [-0.2, 0) is 6.42 Å². The minimum Gasteiger partial charge on any atom is -0.330 e. The van der Waals surface area contributed by atoms with Crippen molar-refractivity contribution in [2.45, 2.75) is 12.3 Å². The summed E-state index contributed by atoms with van der Waals surface area (Å²) in [5.41, 5.74) is 8.18. The van der Waals surface area contributed by atoms with Gasteiger partial charge < -0.3 is 5.73 Å². The highest BCUT2D eigenvalue weighted by atomic mass is 79.9. The van der Waals surface area contributed by atoms with E-state index in [0.29, 0.717) is 16.6 Å². The van der Waals surface area contributed by atoms with E-state index in [-0.39, 0.29) is 5.92 Å². The molecule has 0 aliphatic rings. The predicted octanol–water partition coefficient (Wildman–Crippen LogP) is 5.04. The average Bonchev–Trinajstić information content (AvgIpc) is 2.38. The van der Waals surface area contributed by atoms with Gasteiger partial charge in [-0.1, -0.05) is 57.3 Å². The lowest BCUT2D eigenvalue weighted by Gasteiger charge is -2.16. The topological polar surface area (TPSA) is 26.0 Å². The molecule has 0 heterocycles. The van der Waals surface area contributed by atoms with Gasteiger partial charge in [0.2, 0.25) is 0 Å². The van der Waals surface area contributed by atoms with Crippen molar-refractivity contribution in [3.05, 3.63) is 68.1 Å². The molecule has 0 aliphatic carbocycles. The molecule has 2 N–H and O–H groups in total. The van der Waals surface area contributed by atoms with Gasteiger partial charge in [0.15, 0.2) is 0 Å². The van der Waals surface area contributed by atoms with E-state index in [0.717, 1.165) is 16.5 Å². The molecule has 0 fully saturated rings. The number of rotatable bonds is 4. The number of halogens is 3. The van der Waals surface area contributed by atoms with Crippen LogP contribution in [0.5, 0.6) is 0 Å². The zero-order chi connectivity index (χ0) is 13.8. The normalized spacial score (nSPS) is 12.4. The molecule has 100 valence electrons. The van der Waals surface area contributed by atoms with Crippen LogP contribution in [-0.4, -0.2) is 6.54 Å². The second-order valence-corrected chi connectivity index (χ2v) is 6.19. The van der Waals surface area contributed by atoms with Gasteiger partial charge in [-0.2, -0.15) is 0 Å². The van der Waals surface area contributed by atoms with Crippen LogP contribution < -0.4 is 5.73 Å². The van der Waals surface area contributed by atoms with Crippen molar-refractivity contribution in [1.82, 2.24) is 0 Å². The fourth-order valence-corrected chi connectivity index (χ4v) is 2.95. The van der Waals surface area contributed by atoms with Gasteiger partial charge in [0.1, 0.15) is 0 Å². The molecule has 0 spiro atoms. The van der Waals surface area contributed by atoms with Crippen molar-refractivity contribution in [1.29, 1.82) is 0 Å². The SMILES string of the molecule is NCC(Cc1ccc(Cl)cc1Cl)c1cccc(Br)c1. The first-order valence-corrected chi connectivity index (χ1v) is 7.54. The Hall–Kier alpha value is -0.540. The molecule has 0 saturated heterocycles. The summed E-state index contributed by atoms with van der Waals surface area (Å²) >= 11 is 15.6. The molecule has 0 amide bonds. The molecule has 1 nitrogen and oxygen atoms in total. The molecule has 1 unspecified atom stereocenters. The minimum atomic E-state index is 0.246. The van der Waals surface area contributed by atoms with E-state index in [1.807, 2.05) is 24.3 Å². The lowest BCUT2D eigenvalue weighted by molar-refractivity contribution is 0.694. The molecular weight excluding hydrogens is 345 g/mol. The second-order valence-electron chi connectivity index (χ2n) is 4.43. The quantitative estimate of drug-likeness (QED) is 0.813. The lowest BCUT2D eigenvalue weighted by Crippen LogP contribution is -2.15. The van der Waals surface area contributed by atoms with Gasteiger partial charge in [-0.3, -0.25) is 0 Å². The summed E-state index contributed by atoms with van der Waals surface area (Å²) in [6.07, 6.45) is 0.808. The van der Waals surface area contributed by atoms with Crippen LogP contribution in [0.2, 0.25) is 10.0 Å². The third-order valence-corrected chi connectivity index (χ3v) is 4.17. The summed E-state index contributed by atoms with van der Waals surface area (Å²) in [4.78, 5) is 0. The third-order valence-electron chi connectivity index (χ3n) is 3.09. The highest BCUT2D eigenvalue weighted by Crippen LogP contribution is 2.28. The van der Waals surface area contributed by atoms with Gasteiger partial charge in [0.05, 0.1) is 0 Å². The molecule has 2 aromatic carbocycles. The van der Waals surface area contributed by atoms with E-state index in [9.17, 15) is 0 Å². The van der Waals surface area contributed by atoms with Crippen molar-refractivity contribution in [2.75, 3.05) is 6.54 Å². The smallest absolute Gasteiger partial charge is 0.0453 e. The summed E-state index contributed by atoms with van der Waals surface area (Å²) in [5, 5.41) is 1.35. The Bertz CT molecular complexity index is 572. The van der Waals surface area contributed by atoms with E-state index in [2.05, 4.69) is 28.1 Å². The largest absolute Gasteiger partial charge is 0.330 e. The molecule has 0 saturated carbocycles. The van der Waals surface area contributed by atoms with Crippen LogP contribution >= 0.6 is 39.1 Å². The summed E-state index contributed by atoms with van der Waals surface area (Å²) in [6.45, 7) is 0.579. The molecule has 2 rings (SSSR count). The monoisotopic (exact) mass is 357 g/mol. The van der Waals surface area contributed by atoms with Crippen molar-refractivity contribution in [3.8, 4) is 0 Å². The number of benzene rings is 2. The van der Waals surface area contributed by atoms with E-state index in [1.54, 1.807) is 6.07 Å². The highest BCUT2D eigenvalue weighted by molar-refractivity contribution is 9.10. The number of hydrogen-bond donors (Lipinski definition) is 1. The lowest BCUT2D eigenvalue weighted by atomic mass is 9.92. The summed E-state index contributed by atoms with van der Waals surface area (Å²) in [7, 11) is 0. The maximum atomic E-state index is 6.21. The first-order chi connectivity index (χ1) is 9.10. The Morgan fingerprint density at radius 2 is 1.89 bits per heavy atom. The Kier molecular flexibility index (Phi) is 5.28. The van der Waals surface area contributed by atoms with Gasteiger partial charge in [0, 0.05) is 20.4 Å². The van der Waals surface area contributed by atoms with Gasteiger partial charge >= 0.3 is 0 Å². The highest BCUT2D eigenvalue weighted by Gasteiger charge is 2.13. The van der Waals surface area contributed by atoms with Crippen LogP contribution in [0, 0.1) is 0 Å². The predicted molar refractivity (Wildman–Crippen MR) is 86.1 cm³/mol. The van der Waals surface area contributed by atoms with Crippen LogP contribution in [0.25, 0.3) is 0 Å². The van der Waals surface area contributed by atoms with Gasteiger partial charge in [-0.15, -0.1) is 0 Å². The summed E-state index contributed by atoms with van der Waals surface area (Å²) < 4.78 is 1.06. The Morgan fingerprint density at radius 1 is 1.11 bits per heavy atom. The number of hydrogen-bond acceptors (Lipinski definition) is 1. The first kappa shape index (κ1) is 14.9. The van der Waals surface area contributed by atoms with Gasteiger partial charge in [0.25, 0.3) is 0 Å². The molecule has 0 radical (unpaired) electrons. The zero-order valence-electron chi connectivity index (χ0n) is 10.2. The molecular formula is C15H14BrCl2N. The van der Waals surface area contributed by atoms with Crippen molar-refractivity contribution >= 4 is 39.1 Å². The second kappa shape index (κ2) is 6.76. The maximum Gasteiger partial charge on any atom is 0.0453 e. The van der Waals surface area contributed by atoms with Crippen molar-refractivity contribution in [2.24, 2.45) is 5.73 Å². The molecule has 0 aliphatic heterocycles. The van der Waals surface area contributed by atoms with E-state index >= 15 is 0 Å². The van der Waals surface area contributed by atoms with E-state index in [1.165, 1.54) is 5.56 Å². The standard InChI is InChI=1S/C15H14BrCl2N/c16-13-3-1-2-10(7-13)12(9-19)6-11-4-5-14(17)8-15(11)18/h1-5,7-8,12H,6,9,19H2. The fourth-order valence-electron chi connectivity index (χ4n) is 2.05. The zero-order valence-corrected chi connectivity index (χ0v) is 13.3. The third kappa shape index (κ3) is 3.96. The van der Waals surface area contributed by atoms with Gasteiger partial charge in [-0.05, 0) is 48.4 Å². The van der Waals surface area contributed by atoms with Crippen LogP contribution in [0.3, 0.4) is 0 Å². The summed E-state index contributed by atoms with van der Waals surface area (Å²) in [6, 6.07) is 13.8. The van der Waals surface area contributed by atoms with Crippen molar-refractivity contribution in [3.63, 3.8) is 0 Å². The van der Waals surface area contributed by atoms with Crippen LogP contribution in [0.1, 0.15) is 17.0 Å². The van der Waals surface area contributed by atoms with Crippen LogP contribution in [0.15, 0.2) is 46.9 Å². The summed E-state index contributed by atoms with van der Waals surface area (Å²) in [5.74, 6) is 0.246. The molecule has 0 aromatic heterocycles. The van der Waals surface area contributed by atoms with E-state index in [4.69, 9.17) is 28.9 Å². The maximum absolute atomic E-state index is 6.21. The Morgan fingerprint density at radius 3 is 2.53 bits per heavy atom. The molecule has 19 heavy (non-hydrogen) atoms. The first-order valence-electron chi connectivity index (χ1n) is 5.99. The molecule has 4 heteroatoms. The Balaban J connectivity index is 2.24. The minimum absolute atomic E-state index is 0.246.